The zero-order valence-electron chi connectivity index (χ0n) is 11.8. The van der Waals surface area contributed by atoms with Gasteiger partial charge in [-0.15, -0.1) is 11.3 Å². The standard InChI is InChI=1S/C18H13F3S/c1-12-2-4-13(5-3-12)14-6-8-15(9-7-14)16-10-11-17(22-16)18(19,20)21/h2-11H,1H3. The molecule has 0 saturated heterocycles. The highest BCUT2D eigenvalue weighted by atomic mass is 32.1. The summed E-state index contributed by atoms with van der Waals surface area (Å²) in [5.74, 6) is 0. The molecule has 2 aromatic carbocycles. The van der Waals surface area contributed by atoms with Gasteiger partial charge in [0, 0.05) is 4.88 Å². The average molecular weight is 318 g/mol. The minimum atomic E-state index is -4.27. The van der Waals surface area contributed by atoms with E-state index in [0.29, 0.717) is 4.88 Å². The van der Waals surface area contributed by atoms with Crippen molar-refractivity contribution in [1.29, 1.82) is 0 Å². The Labute approximate surface area is 130 Å². The van der Waals surface area contributed by atoms with Gasteiger partial charge in [-0.05, 0) is 35.7 Å². The monoisotopic (exact) mass is 318 g/mol. The van der Waals surface area contributed by atoms with Crippen LogP contribution in [0.4, 0.5) is 13.2 Å². The number of aryl methyl sites for hydroxylation is 1. The Morgan fingerprint density at radius 1 is 0.682 bits per heavy atom. The van der Waals surface area contributed by atoms with Gasteiger partial charge < -0.3 is 0 Å². The molecule has 0 bridgehead atoms. The second-order valence-electron chi connectivity index (χ2n) is 5.11. The van der Waals surface area contributed by atoms with Crippen LogP contribution in [0.5, 0.6) is 0 Å². The molecule has 22 heavy (non-hydrogen) atoms. The summed E-state index contributed by atoms with van der Waals surface area (Å²) in [6.07, 6.45) is -4.27. The number of benzene rings is 2. The van der Waals surface area contributed by atoms with Crippen molar-refractivity contribution in [3.63, 3.8) is 0 Å². The van der Waals surface area contributed by atoms with Gasteiger partial charge >= 0.3 is 6.18 Å². The summed E-state index contributed by atoms with van der Waals surface area (Å²) in [6.45, 7) is 2.03. The lowest BCUT2D eigenvalue weighted by Gasteiger charge is -2.04. The maximum Gasteiger partial charge on any atom is 0.425 e. The van der Waals surface area contributed by atoms with E-state index in [1.807, 2.05) is 55.5 Å². The van der Waals surface area contributed by atoms with Gasteiger partial charge in [-0.1, -0.05) is 54.1 Å². The lowest BCUT2D eigenvalue weighted by atomic mass is 10.0. The number of alkyl halides is 3. The van der Waals surface area contributed by atoms with Crippen LogP contribution in [0, 0.1) is 6.92 Å². The fourth-order valence-corrected chi connectivity index (χ4v) is 3.10. The Kier molecular flexibility index (Phi) is 3.79. The molecule has 112 valence electrons. The van der Waals surface area contributed by atoms with Crippen molar-refractivity contribution in [3.8, 4) is 21.6 Å². The lowest BCUT2D eigenvalue weighted by molar-refractivity contribution is -0.134. The second kappa shape index (κ2) is 5.61. The zero-order valence-corrected chi connectivity index (χ0v) is 12.6. The molecule has 3 aromatic rings. The van der Waals surface area contributed by atoms with Crippen molar-refractivity contribution in [2.75, 3.05) is 0 Å². The largest absolute Gasteiger partial charge is 0.425 e. The first-order valence-corrected chi connectivity index (χ1v) is 7.60. The summed E-state index contributed by atoms with van der Waals surface area (Å²) in [7, 11) is 0. The smallest absolute Gasteiger partial charge is 0.165 e. The van der Waals surface area contributed by atoms with E-state index in [0.717, 1.165) is 34.1 Å². The van der Waals surface area contributed by atoms with Gasteiger partial charge in [0.05, 0.1) is 0 Å². The summed E-state index contributed by atoms with van der Waals surface area (Å²) in [6, 6.07) is 18.4. The first-order chi connectivity index (χ1) is 10.4. The molecule has 4 heteroatoms. The van der Waals surface area contributed by atoms with E-state index in [1.165, 1.54) is 11.6 Å². The number of halogens is 3. The van der Waals surface area contributed by atoms with E-state index < -0.39 is 11.1 Å². The zero-order chi connectivity index (χ0) is 15.7. The van der Waals surface area contributed by atoms with E-state index in [4.69, 9.17) is 0 Å². The molecule has 0 radical (unpaired) electrons. The number of rotatable bonds is 2. The molecule has 0 aliphatic rings. The van der Waals surface area contributed by atoms with Crippen LogP contribution in [-0.4, -0.2) is 0 Å². The minimum absolute atomic E-state index is 0.565. The molecule has 0 spiro atoms. The van der Waals surface area contributed by atoms with E-state index in [1.54, 1.807) is 0 Å². The van der Waals surface area contributed by atoms with Gasteiger partial charge in [0.1, 0.15) is 4.88 Å². The second-order valence-corrected chi connectivity index (χ2v) is 6.19. The Bertz CT molecular complexity index is 765. The molecule has 0 aliphatic heterocycles. The Morgan fingerprint density at radius 2 is 1.18 bits per heavy atom. The van der Waals surface area contributed by atoms with Crippen LogP contribution < -0.4 is 0 Å². The molecule has 0 N–H and O–H groups in total. The van der Waals surface area contributed by atoms with Gasteiger partial charge in [-0.3, -0.25) is 0 Å². The molecule has 1 aromatic heterocycles. The van der Waals surface area contributed by atoms with Gasteiger partial charge in [0.15, 0.2) is 0 Å². The summed E-state index contributed by atoms with van der Waals surface area (Å²) in [4.78, 5) is 0.0629. The third kappa shape index (κ3) is 3.07. The SMILES string of the molecule is Cc1ccc(-c2ccc(-c3ccc(C(F)(F)F)s3)cc2)cc1. The predicted octanol–water partition coefficient (Wildman–Crippen LogP) is 6.41. The van der Waals surface area contributed by atoms with Crippen LogP contribution in [0.2, 0.25) is 0 Å². The van der Waals surface area contributed by atoms with E-state index in [-0.39, 0.29) is 0 Å². The van der Waals surface area contributed by atoms with E-state index >= 15 is 0 Å². The Balaban J connectivity index is 1.88. The highest BCUT2D eigenvalue weighted by Crippen LogP contribution is 2.38. The number of hydrogen-bond donors (Lipinski definition) is 0. The van der Waals surface area contributed by atoms with E-state index in [2.05, 4.69) is 0 Å². The van der Waals surface area contributed by atoms with Gasteiger partial charge in [-0.25, -0.2) is 0 Å². The fourth-order valence-electron chi connectivity index (χ4n) is 2.22. The van der Waals surface area contributed by atoms with Gasteiger partial charge in [0.25, 0.3) is 0 Å². The molecule has 0 amide bonds. The summed E-state index contributed by atoms with van der Waals surface area (Å²) in [5, 5.41) is 0. The summed E-state index contributed by atoms with van der Waals surface area (Å²) >= 11 is 0.772. The highest BCUT2D eigenvalue weighted by molar-refractivity contribution is 7.15. The highest BCUT2D eigenvalue weighted by Gasteiger charge is 2.32. The Morgan fingerprint density at radius 3 is 1.68 bits per heavy atom. The molecule has 0 aliphatic carbocycles. The first-order valence-electron chi connectivity index (χ1n) is 6.78. The van der Waals surface area contributed by atoms with Gasteiger partial charge in [0.2, 0.25) is 0 Å². The third-order valence-corrected chi connectivity index (χ3v) is 4.62. The first kappa shape index (κ1) is 14.9. The van der Waals surface area contributed by atoms with Crippen molar-refractivity contribution < 1.29 is 13.2 Å². The molecular formula is C18H13F3S. The molecule has 0 unspecified atom stereocenters. The molecule has 0 atom stereocenters. The third-order valence-electron chi connectivity index (χ3n) is 3.44. The number of thiophene rings is 1. The maximum atomic E-state index is 12.6. The Hall–Kier alpha value is -2.07. The molecule has 0 fully saturated rings. The normalized spacial score (nSPS) is 11.6. The number of hydrogen-bond acceptors (Lipinski definition) is 1. The maximum absolute atomic E-state index is 12.6. The van der Waals surface area contributed by atoms with Crippen molar-refractivity contribution >= 4 is 11.3 Å². The van der Waals surface area contributed by atoms with Crippen molar-refractivity contribution in [2.24, 2.45) is 0 Å². The van der Waals surface area contributed by atoms with Crippen LogP contribution in [-0.2, 0) is 6.18 Å². The van der Waals surface area contributed by atoms with Crippen molar-refractivity contribution in [1.82, 2.24) is 0 Å². The molecule has 1 heterocycles. The van der Waals surface area contributed by atoms with Crippen LogP contribution in [0.25, 0.3) is 21.6 Å². The molecule has 0 saturated carbocycles. The minimum Gasteiger partial charge on any atom is -0.165 e. The quantitative estimate of drug-likeness (QED) is 0.512. The van der Waals surface area contributed by atoms with Crippen LogP contribution in [0.15, 0.2) is 60.7 Å². The molecule has 0 nitrogen and oxygen atoms in total. The predicted molar refractivity (Wildman–Crippen MR) is 84.9 cm³/mol. The lowest BCUT2D eigenvalue weighted by Crippen LogP contribution is -2.00. The topological polar surface area (TPSA) is 0 Å². The average Bonchev–Trinajstić information content (AvgIpc) is 2.98. The summed E-state index contributed by atoms with van der Waals surface area (Å²) < 4.78 is 37.9. The van der Waals surface area contributed by atoms with Crippen molar-refractivity contribution in [3.05, 3.63) is 71.1 Å². The fraction of sp³-hybridized carbons (Fsp3) is 0.111. The van der Waals surface area contributed by atoms with Crippen LogP contribution in [0.3, 0.4) is 0 Å². The summed E-state index contributed by atoms with van der Waals surface area (Å²) in [5.41, 5.74) is 4.14. The van der Waals surface area contributed by atoms with Crippen LogP contribution in [0.1, 0.15) is 10.4 Å². The van der Waals surface area contributed by atoms with Crippen molar-refractivity contribution in [2.45, 2.75) is 13.1 Å². The van der Waals surface area contributed by atoms with Gasteiger partial charge in [-0.2, -0.15) is 13.2 Å². The molecule has 3 rings (SSSR count). The molecular weight excluding hydrogens is 305 g/mol. The van der Waals surface area contributed by atoms with E-state index in [9.17, 15) is 13.2 Å². The van der Waals surface area contributed by atoms with Crippen LogP contribution >= 0.6 is 11.3 Å².